The standard InChI is InChI=1S/C39H46N4O8/c1-38(2,3)51-37(48)41-29-16-12-7-5-6-11-15-25-22-39(25,36(46)47)42-34(44)32-20-27(23-43(32)35(29)45)50-33-21-30(24-13-9-8-10-14-24)40-31-19-26(49-4)17-18-28(31)33/h8-11,13-15,17-19,21,25,27,29,32H,5-7,12,16,20,22-23H2,1-4H3,(H,41,48)(H,42,44)(H,46,47)/t25?,27-,29+,32+,39-/m1/s1. The maximum Gasteiger partial charge on any atom is 0.408 e. The third-order valence-electron chi connectivity index (χ3n) is 9.65. The number of carbonyl (C=O) groups is 4. The maximum absolute atomic E-state index is 14.4. The molecule has 12 nitrogen and oxygen atoms in total. The first-order valence-electron chi connectivity index (χ1n) is 17.6. The smallest absolute Gasteiger partial charge is 0.408 e. The number of rotatable bonds is 6. The van der Waals surface area contributed by atoms with Crippen molar-refractivity contribution in [3.8, 4) is 22.8 Å². The van der Waals surface area contributed by atoms with E-state index in [-0.39, 0.29) is 25.3 Å². The number of carboxylic acid groups (broad SMARTS) is 1. The lowest BCUT2D eigenvalue weighted by atomic mass is 10.0. The van der Waals surface area contributed by atoms with Crippen LogP contribution < -0.4 is 20.1 Å². The molecule has 3 aliphatic rings. The SMILES string of the molecule is COc1ccc2c(O[C@@H]3C[C@H]4C(=O)N[C@]5(C(=O)O)CC5C=CCCCCC[C@H](NC(=O)OC(C)(C)C)C(=O)N4C3)cc(-c3ccccc3)nc2c1. The first kappa shape index (κ1) is 35.7. The van der Waals surface area contributed by atoms with E-state index in [0.717, 1.165) is 30.2 Å². The molecule has 1 unspecified atom stereocenters. The number of carboxylic acids is 1. The number of carbonyl (C=O) groups excluding carboxylic acids is 3. The van der Waals surface area contributed by atoms with Crippen LogP contribution in [0.15, 0.2) is 66.7 Å². The number of hydrogen-bond acceptors (Lipinski definition) is 8. The van der Waals surface area contributed by atoms with Crippen molar-refractivity contribution in [3.63, 3.8) is 0 Å². The largest absolute Gasteiger partial charge is 0.497 e. The van der Waals surface area contributed by atoms with Gasteiger partial charge in [-0.25, -0.2) is 14.6 Å². The van der Waals surface area contributed by atoms with E-state index in [1.54, 1.807) is 27.9 Å². The molecule has 3 N–H and O–H groups in total. The van der Waals surface area contributed by atoms with Gasteiger partial charge in [-0.3, -0.25) is 9.59 Å². The van der Waals surface area contributed by atoms with Crippen molar-refractivity contribution in [2.24, 2.45) is 5.92 Å². The number of nitrogens with zero attached hydrogens (tertiary/aromatic N) is 2. The summed E-state index contributed by atoms with van der Waals surface area (Å²) in [6, 6.07) is 15.0. The summed E-state index contributed by atoms with van der Waals surface area (Å²) in [6.07, 6.45) is 6.22. The average molecular weight is 699 g/mol. The van der Waals surface area contributed by atoms with Crippen molar-refractivity contribution >= 4 is 34.8 Å². The Bertz CT molecular complexity index is 1820. The highest BCUT2D eigenvalue weighted by Crippen LogP contribution is 2.45. The molecule has 1 saturated carbocycles. The zero-order valence-electron chi connectivity index (χ0n) is 29.5. The number of fused-ring (bicyclic) bond motifs is 3. The van der Waals surface area contributed by atoms with E-state index >= 15 is 0 Å². The van der Waals surface area contributed by atoms with Crippen LogP contribution in [0.1, 0.15) is 65.7 Å². The zero-order chi connectivity index (χ0) is 36.3. The third-order valence-corrected chi connectivity index (χ3v) is 9.65. The van der Waals surface area contributed by atoms with Gasteiger partial charge in [0.15, 0.2) is 0 Å². The molecule has 1 saturated heterocycles. The first-order valence-corrected chi connectivity index (χ1v) is 17.6. The fraction of sp³-hybridized carbons (Fsp3) is 0.462. The van der Waals surface area contributed by atoms with Crippen LogP contribution in [0.25, 0.3) is 22.2 Å². The van der Waals surface area contributed by atoms with Crippen molar-refractivity contribution in [1.82, 2.24) is 20.5 Å². The first-order chi connectivity index (χ1) is 24.4. The van der Waals surface area contributed by atoms with Crippen molar-refractivity contribution in [2.75, 3.05) is 13.7 Å². The quantitative estimate of drug-likeness (QED) is 0.278. The second-order valence-corrected chi connectivity index (χ2v) is 14.6. The molecule has 3 aromatic rings. The summed E-state index contributed by atoms with van der Waals surface area (Å²) in [5, 5.41) is 16.5. The average Bonchev–Trinajstić information content (AvgIpc) is 3.63. The molecule has 0 bridgehead atoms. The summed E-state index contributed by atoms with van der Waals surface area (Å²) >= 11 is 0. The van der Waals surface area contributed by atoms with Crippen molar-refractivity contribution in [1.29, 1.82) is 0 Å². The molecule has 2 aliphatic heterocycles. The van der Waals surface area contributed by atoms with Crippen molar-refractivity contribution in [3.05, 3.63) is 66.7 Å². The molecule has 270 valence electrons. The number of benzene rings is 2. The monoisotopic (exact) mass is 698 g/mol. The van der Waals surface area contributed by atoms with Crippen molar-refractivity contribution < 1.29 is 38.5 Å². The van der Waals surface area contributed by atoms with Gasteiger partial charge in [-0.1, -0.05) is 55.3 Å². The van der Waals surface area contributed by atoms with Crippen molar-refractivity contribution in [2.45, 2.75) is 95.0 Å². The normalized spacial score (nSPS) is 25.5. The Morgan fingerprint density at radius 1 is 1.06 bits per heavy atom. The van der Waals surface area contributed by atoms with E-state index < -0.39 is 53.2 Å². The van der Waals surface area contributed by atoms with Gasteiger partial charge < -0.3 is 34.9 Å². The molecule has 0 spiro atoms. The maximum atomic E-state index is 14.4. The molecule has 1 aliphatic carbocycles. The molecule has 2 fully saturated rings. The van der Waals surface area contributed by atoms with Crippen LogP contribution in [0.2, 0.25) is 0 Å². The molecule has 1 aromatic heterocycles. The number of amides is 3. The second-order valence-electron chi connectivity index (χ2n) is 14.6. The molecule has 5 atom stereocenters. The lowest BCUT2D eigenvalue weighted by Gasteiger charge is -2.30. The summed E-state index contributed by atoms with van der Waals surface area (Å²) in [7, 11) is 1.58. The minimum absolute atomic E-state index is 0.0352. The minimum Gasteiger partial charge on any atom is -0.497 e. The Hall–Kier alpha value is -5.13. The van der Waals surface area contributed by atoms with Crippen LogP contribution >= 0.6 is 0 Å². The highest BCUT2D eigenvalue weighted by molar-refractivity contribution is 5.96. The third kappa shape index (κ3) is 8.10. The number of aliphatic carboxylic acids is 1. The lowest BCUT2D eigenvalue weighted by molar-refractivity contribution is -0.145. The number of pyridine rings is 1. The Morgan fingerprint density at radius 3 is 2.57 bits per heavy atom. The van der Waals surface area contributed by atoms with E-state index in [2.05, 4.69) is 10.6 Å². The summed E-state index contributed by atoms with van der Waals surface area (Å²) in [6.45, 7) is 5.26. The van der Waals surface area contributed by atoms with E-state index in [4.69, 9.17) is 19.2 Å². The number of alkyl carbamates (subject to hydrolysis) is 1. The van der Waals surface area contributed by atoms with Crippen LogP contribution in [0.4, 0.5) is 4.79 Å². The summed E-state index contributed by atoms with van der Waals surface area (Å²) in [4.78, 5) is 60.2. The van der Waals surface area contributed by atoms with Gasteiger partial charge in [0.2, 0.25) is 11.8 Å². The summed E-state index contributed by atoms with van der Waals surface area (Å²) < 4.78 is 17.6. The zero-order valence-corrected chi connectivity index (χ0v) is 29.5. The summed E-state index contributed by atoms with van der Waals surface area (Å²) in [5.74, 6) is -1.35. The van der Waals surface area contributed by atoms with Gasteiger partial charge in [0.1, 0.15) is 40.8 Å². The molecule has 0 radical (unpaired) electrons. The van der Waals surface area contributed by atoms with Gasteiger partial charge in [0.25, 0.3) is 0 Å². The topological polar surface area (TPSA) is 156 Å². The van der Waals surface area contributed by atoms with E-state index in [0.29, 0.717) is 35.6 Å². The van der Waals surface area contributed by atoms with Crippen LogP contribution in [-0.2, 0) is 19.1 Å². The number of allylic oxidation sites excluding steroid dienone is 1. The number of aromatic nitrogens is 1. The molecule has 3 heterocycles. The second kappa shape index (κ2) is 14.6. The Morgan fingerprint density at radius 2 is 1.84 bits per heavy atom. The molecular formula is C39H46N4O8. The van der Waals surface area contributed by atoms with E-state index in [1.807, 2.05) is 66.7 Å². The van der Waals surface area contributed by atoms with Crippen LogP contribution in [-0.4, -0.2) is 81.8 Å². The summed E-state index contributed by atoms with van der Waals surface area (Å²) in [5.41, 5.74) is -0.0312. The molecule has 6 rings (SSSR count). The molecular weight excluding hydrogens is 652 g/mol. The minimum atomic E-state index is -1.44. The van der Waals surface area contributed by atoms with Crippen LogP contribution in [0, 0.1) is 5.92 Å². The lowest BCUT2D eigenvalue weighted by Crippen LogP contribution is -2.56. The highest BCUT2D eigenvalue weighted by Gasteiger charge is 2.61. The number of hydrogen-bond donors (Lipinski definition) is 3. The predicted molar refractivity (Wildman–Crippen MR) is 190 cm³/mol. The Balaban J connectivity index is 1.34. The number of methoxy groups -OCH3 is 1. The Kier molecular flexibility index (Phi) is 10.2. The molecule has 51 heavy (non-hydrogen) atoms. The van der Waals surface area contributed by atoms with E-state index in [9.17, 15) is 24.3 Å². The predicted octanol–water partition coefficient (Wildman–Crippen LogP) is 5.63. The Labute approximate surface area is 297 Å². The fourth-order valence-electron chi connectivity index (χ4n) is 6.93. The molecule has 12 heteroatoms. The van der Waals surface area contributed by atoms with Gasteiger partial charge in [0.05, 0.1) is 24.9 Å². The molecule has 3 amide bonds. The van der Waals surface area contributed by atoms with Gasteiger partial charge in [-0.15, -0.1) is 0 Å². The van der Waals surface area contributed by atoms with Gasteiger partial charge in [0, 0.05) is 35.4 Å². The van der Waals surface area contributed by atoms with Gasteiger partial charge in [-0.05, 0) is 58.6 Å². The fourth-order valence-corrected chi connectivity index (χ4v) is 6.93. The van der Waals surface area contributed by atoms with Gasteiger partial charge >= 0.3 is 12.1 Å². The van der Waals surface area contributed by atoms with Crippen LogP contribution in [0.3, 0.4) is 0 Å². The van der Waals surface area contributed by atoms with E-state index in [1.165, 1.54) is 4.90 Å². The highest BCUT2D eigenvalue weighted by atomic mass is 16.6. The number of nitrogens with one attached hydrogen (secondary N) is 2. The van der Waals surface area contributed by atoms with Gasteiger partial charge in [-0.2, -0.15) is 0 Å². The molecule has 2 aromatic carbocycles. The number of ether oxygens (including phenoxy) is 3. The van der Waals surface area contributed by atoms with Crippen LogP contribution in [0.5, 0.6) is 11.5 Å².